The Morgan fingerprint density at radius 1 is 1.08 bits per heavy atom. The molecule has 0 spiro atoms. The predicted molar refractivity (Wildman–Crippen MR) is 131 cm³/mol. The number of carbonyl (C=O) groups is 2. The third-order valence-corrected chi connectivity index (χ3v) is 5.24. The zero-order chi connectivity index (χ0) is 27.0. The van der Waals surface area contributed by atoms with Crippen molar-refractivity contribution >= 4 is 29.3 Å². The lowest BCUT2D eigenvalue weighted by atomic mass is 10.1. The molecule has 0 unspecified atom stereocenters. The number of rotatable bonds is 5. The summed E-state index contributed by atoms with van der Waals surface area (Å²) in [5.74, 6) is -3.78. The van der Waals surface area contributed by atoms with Gasteiger partial charge in [-0.15, -0.1) is 0 Å². The van der Waals surface area contributed by atoms with Crippen molar-refractivity contribution in [1.29, 1.82) is 0 Å². The van der Waals surface area contributed by atoms with Crippen molar-refractivity contribution in [3.8, 4) is 11.3 Å². The third-order valence-electron chi connectivity index (χ3n) is 5.24. The maximum Gasteiger partial charge on any atom is 0.410 e. The normalized spacial score (nSPS) is 13.6. The molecule has 0 radical (unpaired) electrons. The van der Waals surface area contributed by atoms with Crippen molar-refractivity contribution in [1.82, 2.24) is 29.6 Å². The Kier molecular flexibility index (Phi) is 6.80. The highest BCUT2D eigenvalue weighted by molar-refractivity contribution is 5.89. The van der Waals surface area contributed by atoms with E-state index in [-0.39, 0.29) is 17.5 Å². The molecule has 3 aromatic rings. The number of ether oxygens (including phenoxy) is 1. The monoisotopic (exact) mass is 514 g/mol. The molecule has 4 rings (SSSR count). The van der Waals surface area contributed by atoms with Crippen LogP contribution in [0.3, 0.4) is 0 Å². The summed E-state index contributed by atoms with van der Waals surface area (Å²) in [5.41, 5.74) is 1.70. The topological polar surface area (TPSA) is 127 Å². The zero-order valence-electron chi connectivity index (χ0n) is 21.2. The van der Waals surface area contributed by atoms with Gasteiger partial charge in [0.1, 0.15) is 17.2 Å². The number of aromatic nitrogens is 5. The third kappa shape index (κ3) is 6.35. The Hall–Kier alpha value is -4.16. The van der Waals surface area contributed by atoms with Crippen LogP contribution in [0.2, 0.25) is 0 Å². The lowest BCUT2D eigenvalue weighted by Crippen LogP contribution is -2.41. The van der Waals surface area contributed by atoms with Crippen LogP contribution in [0.5, 0.6) is 0 Å². The van der Waals surface area contributed by atoms with Crippen LogP contribution in [0.25, 0.3) is 11.3 Å². The fourth-order valence-electron chi connectivity index (χ4n) is 3.67. The van der Waals surface area contributed by atoms with Crippen molar-refractivity contribution in [2.75, 3.05) is 17.2 Å². The van der Waals surface area contributed by atoms with E-state index in [1.807, 2.05) is 26.8 Å². The standard InChI is InChI=1S/C24H28F2N8O3/c1-14(35)29-20-11-17(30-19-6-7-27-21(31-19)24(5,25)26)16(12-28-20)18-10-15-13-33(8-9-34(15)32-18)22(36)37-23(2,3)4/h6-7,10-12H,8-9,13H2,1-5H3,(H2,27,28,29,30,31,35). The number of fused-ring (bicyclic) bond motifs is 1. The molecule has 4 heterocycles. The van der Waals surface area contributed by atoms with Crippen molar-refractivity contribution in [3.05, 3.63) is 42.1 Å². The number of alkyl halides is 2. The Morgan fingerprint density at radius 3 is 2.51 bits per heavy atom. The number of pyridine rings is 1. The highest BCUT2D eigenvalue weighted by atomic mass is 19.3. The maximum atomic E-state index is 13.8. The number of nitrogens with one attached hydrogen (secondary N) is 2. The van der Waals surface area contributed by atoms with Gasteiger partial charge < -0.3 is 20.3 Å². The van der Waals surface area contributed by atoms with E-state index >= 15 is 0 Å². The Labute approximate surface area is 212 Å². The molecule has 0 saturated heterocycles. The Balaban J connectivity index is 1.66. The van der Waals surface area contributed by atoms with E-state index in [0.29, 0.717) is 36.6 Å². The van der Waals surface area contributed by atoms with E-state index in [1.165, 1.54) is 25.4 Å². The largest absolute Gasteiger partial charge is 0.444 e. The van der Waals surface area contributed by atoms with Crippen LogP contribution in [-0.4, -0.2) is 53.8 Å². The molecule has 0 saturated carbocycles. The molecule has 1 aliphatic rings. The van der Waals surface area contributed by atoms with Crippen LogP contribution in [0.4, 0.5) is 30.9 Å². The first-order valence-corrected chi connectivity index (χ1v) is 11.6. The van der Waals surface area contributed by atoms with Gasteiger partial charge in [0.15, 0.2) is 0 Å². The Bertz CT molecular complexity index is 1330. The highest BCUT2D eigenvalue weighted by Crippen LogP contribution is 2.33. The molecular formula is C24H28F2N8O3. The predicted octanol–water partition coefficient (Wildman–Crippen LogP) is 4.30. The minimum Gasteiger partial charge on any atom is -0.444 e. The van der Waals surface area contributed by atoms with Gasteiger partial charge in [0.2, 0.25) is 11.7 Å². The summed E-state index contributed by atoms with van der Waals surface area (Å²) >= 11 is 0. The second-order valence-electron chi connectivity index (χ2n) is 9.72. The van der Waals surface area contributed by atoms with E-state index in [2.05, 4.69) is 30.7 Å². The maximum absolute atomic E-state index is 13.8. The molecule has 13 heteroatoms. The second-order valence-corrected chi connectivity index (χ2v) is 9.72. The van der Waals surface area contributed by atoms with Gasteiger partial charge in [0.25, 0.3) is 0 Å². The molecule has 37 heavy (non-hydrogen) atoms. The van der Waals surface area contributed by atoms with Crippen LogP contribution < -0.4 is 10.6 Å². The molecule has 0 fully saturated rings. The molecule has 0 aromatic carbocycles. The highest BCUT2D eigenvalue weighted by Gasteiger charge is 2.29. The van der Waals surface area contributed by atoms with E-state index in [4.69, 9.17) is 4.74 Å². The van der Waals surface area contributed by atoms with Gasteiger partial charge in [-0.1, -0.05) is 0 Å². The summed E-state index contributed by atoms with van der Waals surface area (Å²) in [5, 5.41) is 10.3. The number of carbonyl (C=O) groups excluding carboxylic acids is 2. The van der Waals surface area contributed by atoms with E-state index in [0.717, 1.165) is 12.6 Å². The van der Waals surface area contributed by atoms with Gasteiger partial charge in [-0.05, 0) is 32.9 Å². The SMILES string of the molecule is CC(=O)Nc1cc(Nc2ccnc(C(C)(F)F)n2)c(-c2cc3n(n2)CCN(C(=O)OC(C)(C)C)C3)cn1. The molecule has 0 aliphatic carbocycles. The van der Waals surface area contributed by atoms with Gasteiger partial charge in [0, 0.05) is 44.4 Å². The van der Waals surface area contributed by atoms with Crippen LogP contribution in [0.15, 0.2) is 30.6 Å². The van der Waals surface area contributed by atoms with Gasteiger partial charge in [-0.3, -0.25) is 9.48 Å². The fourth-order valence-corrected chi connectivity index (χ4v) is 3.67. The summed E-state index contributed by atoms with van der Waals surface area (Å²) in [6.07, 6.45) is 2.35. The summed E-state index contributed by atoms with van der Waals surface area (Å²) < 4.78 is 34.8. The first-order chi connectivity index (χ1) is 17.3. The Morgan fingerprint density at radius 2 is 1.84 bits per heavy atom. The molecule has 3 aromatic heterocycles. The first kappa shape index (κ1) is 25.9. The fraction of sp³-hybridized carbons (Fsp3) is 0.417. The summed E-state index contributed by atoms with van der Waals surface area (Å²) in [4.78, 5) is 37.6. The number of nitrogens with zero attached hydrogens (tertiary/aromatic N) is 6. The second kappa shape index (κ2) is 9.71. The first-order valence-electron chi connectivity index (χ1n) is 11.6. The average Bonchev–Trinajstić information content (AvgIpc) is 3.20. The number of hydrogen-bond donors (Lipinski definition) is 2. The van der Waals surface area contributed by atoms with Crippen molar-refractivity contribution in [2.24, 2.45) is 0 Å². The number of anilines is 3. The molecule has 196 valence electrons. The van der Waals surface area contributed by atoms with Crippen molar-refractivity contribution in [3.63, 3.8) is 0 Å². The lowest BCUT2D eigenvalue weighted by Gasteiger charge is -2.30. The van der Waals surface area contributed by atoms with Crippen LogP contribution in [0, 0.1) is 0 Å². The molecule has 0 bridgehead atoms. The molecule has 2 amide bonds. The van der Waals surface area contributed by atoms with Gasteiger partial charge >= 0.3 is 12.0 Å². The van der Waals surface area contributed by atoms with Crippen LogP contribution in [0.1, 0.15) is 46.1 Å². The molecule has 2 N–H and O–H groups in total. The molecule has 1 aliphatic heterocycles. The number of amides is 2. The van der Waals surface area contributed by atoms with Crippen molar-refractivity contribution in [2.45, 2.75) is 59.2 Å². The average molecular weight is 515 g/mol. The van der Waals surface area contributed by atoms with Gasteiger partial charge in [-0.25, -0.2) is 19.7 Å². The molecule has 0 atom stereocenters. The van der Waals surface area contributed by atoms with E-state index in [1.54, 1.807) is 15.6 Å². The molecular weight excluding hydrogens is 486 g/mol. The zero-order valence-corrected chi connectivity index (χ0v) is 21.2. The van der Waals surface area contributed by atoms with Gasteiger partial charge in [-0.2, -0.15) is 13.9 Å². The summed E-state index contributed by atoms with van der Waals surface area (Å²) in [6, 6.07) is 4.84. The number of halogens is 2. The summed E-state index contributed by atoms with van der Waals surface area (Å²) in [7, 11) is 0. The summed E-state index contributed by atoms with van der Waals surface area (Å²) in [6.45, 7) is 8.71. The van der Waals surface area contributed by atoms with Crippen molar-refractivity contribution < 1.29 is 23.1 Å². The van der Waals surface area contributed by atoms with Gasteiger partial charge in [0.05, 0.1) is 30.2 Å². The number of hydrogen-bond acceptors (Lipinski definition) is 8. The minimum atomic E-state index is -3.22. The van der Waals surface area contributed by atoms with Crippen LogP contribution >= 0.6 is 0 Å². The van der Waals surface area contributed by atoms with E-state index < -0.39 is 23.4 Å². The smallest absolute Gasteiger partial charge is 0.410 e. The minimum absolute atomic E-state index is 0.132. The molecule has 11 nitrogen and oxygen atoms in total. The van der Waals surface area contributed by atoms with Crippen LogP contribution in [-0.2, 0) is 28.5 Å². The van der Waals surface area contributed by atoms with E-state index in [9.17, 15) is 18.4 Å². The quantitative estimate of drug-likeness (QED) is 0.516. The lowest BCUT2D eigenvalue weighted by molar-refractivity contribution is -0.114.